The molecule has 2 rings (SSSR count). The molecule has 3 nitrogen and oxygen atoms in total. The number of benzene rings is 2. The highest BCUT2D eigenvalue weighted by Crippen LogP contribution is 2.29. The normalized spacial score (nSPS) is 10.2. The second kappa shape index (κ2) is 5.43. The molecule has 2 aromatic carbocycles. The van der Waals surface area contributed by atoms with Crippen molar-refractivity contribution in [3.05, 3.63) is 80.3 Å². The van der Waals surface area contributed by atoms with Crippen LogP contribution in [0.5, 0.6) is 0 Å². The molecule has 0 aliphatic rings. The van der Waals surface area contributed by atoms with Crippen LogP contribution in [0.3, 0.4) is 0 Å². The Hall–Kier alpha value is -1.84. The van der Waals surface area contributed by atoms with Gasteiger partial charge in [0, 0.05) is 22.2 Å². The summed E-state index contributed by atoms with van der Waals surface area (Å²) in [5.74, 6) is 0. The largest absolute Gasteiger partial charge is 0.271 e. The third kappa shape index (κ3) is 3.13. The Kier molecular flexibility index (Phi) is 3.88. The highest BCUT2D eigenvalue weighted by Gasteiger charge is 2.11. The number of hydrogen-bond donors (Lipinski definition) is 0. The zero-order valence-corrected chi connectivity index (χ0v) is 11.3. The van der Waals surface area contributed by atoms with Crippen LogP contribution >= 0.6 is 23.2 Å². The number of nitrogens with zero attached hydrogens (tertiary/aromatic N) is 1. The van der Waals surface area contributed by atoms with Gasteiger partial charge in [0.2, 0.25) is 0 Å². The van der Waals surface area contributed by atoms with E-state index in [1.165, 1.54) is 12.1 Å². The zero-order chi connectivity index (χ0) is 14.0. The SMILES string of the molecule is C=C(c1ccc(Cl)cc1)c1cc(Cl)cc([N+](=O)[O-])c1. The Morgan fingerprint density at radius 2 is 1.63 bits per heavy atom. The summed E-state index contributed by atoms with van der Waals surface area (Å²) in [6.45, 7) is 3.94. The second-order valence-corrected chi connectivity index (χ2v) is 4.81. The minimum absolute atomic E-state index is 0.0578. The molecule has 0 aliphatic carbocycles. The van der Waals surface area contributed by atoms with Crippen molar-refractivity contribution in [3.8, 4) is 0 Å². The van der Waals surface area contributed by atoms with Crippen LogP contribution in [0.2, 0.25) is 10.0 Å². The van der Waals surface area contributed by atoms with Gasteiger partial charge in [-0.05, 0) is 34.9 Å². The first-order chi connectivity index (χ1) is 8.97. The zero-order valence-electron chi connectivity index (χ0n) is 9.77. The Bertz CT molecular complexity index is 651. The lowest BCUT2D eigenvalue weighted by Crippen LogP contribution is -1.92. The van der Waals surface area contributed by atoms with E-state index < -0.39 is 4.92 Å². The highest BCUT2D eigenvalue weighted by atomic mass is 35.5. The van der Waals surface area contributed by atoms with Gasteiger partial charge in [-0.2, -0.15) is 0 Å². The maximum atomic E-state index is 10.8. The molecule has 19 heavy (non-hydrogen) atoms. The lowest BCUT2D eigenvalue weighted by Gasteiger charge is -2.07. The standard InChI is InChI=1S/C14H9Cl2NO2/c1-9(10-2-4-12(15)5-3-10)11-6-13(16)8-14(7-11)17(18)19/h2-8H,1H2. The molecular weight excluding hydrogens is 285 g/mol. The van der Waals surface area contributed by atoms with Crippen LogP contribution in [-0.2, 0) is 0 Å². The minimum Gasteiger partial charge on any atom is -0.258 e. The van der Waals surface area contributed by atoms with Crippen LogP contribution in [-0.4, -0.2) is 4.92 Å². The van der Waals surface area contributed by atoms with Gasteiger partial charge in [0.1, 0.15) is 0 Å². The third-order valence-electron chi connectivity index (χ3n) is 2.63. The van der Waals surface area contributed by atoms with Gasteiger partial charge in [-0.15, -0.1) is 0 Å². The van der Waals surface area contributed by atoms with Gasteiger partial charge in [0.25, 0.3) is 5.69 Å². The van der Waals surface area contributed by atoms with Crippen LogP contribution in [0.1, 0.15) is 11.1 Å². The van der Waals surface area contributed by atoms with E-state index in [9.17, 15) is 10.1 Å². The molecule has 0 heterocycles. The minimum atomic E-state index is -0.482. The topological polar surface area (TPSA) is 43.1 Å². The number of halogens is 2. The van der Waals surface area contributed by atoms with Crippen molar-refractivity contribution in [1.29, 1.82) is 0 Å². The van der Waals surface area contributed by atoms with Crippen LogP contribution in [0.25, 0.3) is 5.57 Å². The maximum absolute atomic E-state index is 10.8. The first kappa shape index (κ1) is 13.6. The lowest BCUT2D eigenvalue weighted by atomic mass is 9.99. The molecule has 0 spiro atoms. The van der Waals surface area contributed by atoms with Crippen molar-refractivity contribution in [2.24, 2.45) is 0 Å². The molecule has 0 saturated heterocycles. The van der Waals surface area contributed by atoms with E-state index in [0.717, 1.165) is 5.56 Å². The van der Waals surface area contributed by atoms with Crippen molar-refractivity contribution in [2.75, 3.05) is 0 Å². The molecule has 0 aromatic heterocycles. The van der Waals surface area contributed by atoms with Gasteiger partial charge < -0.3 is 0 Å². The molecule has 0 atom stereocenters. The van der Waals surface area contributed by atoms with Crippen molar-refractivity contribution in [1.82, 2.24) is 0 Å². The summed E-state index contributed by atoms with van der Waals surface area (Å²) >= 11 is 11.7. The van der Waals surface area contributed by atoms with Crippen LogP contribution in [0.15, 0.2) is 49.0 Å². The Labute approximate surface area is 120 Å². The van der Waals surface area contributed by atoms with E-state index in [1.807, 2.05) is 0 Å². The number of non-ortho nitro benzene ring substituents is 1. The van der Waals surface area contributed by atoms with Gasteiger partial charge in [-0.1, -0.05) is 41.9 Å². The average molecular weight is 294 g/mol. The molecular formula is C14H9Cl2NO2. The third-order valence-corrected chi connectivity index (χ3v) is 3.10. The summed E-state index contributed by atoms with van der Waals surface area (Å²) < 4.78 is 0. The number of nitro benzene ring substituents is 1. The van der Waals surface area contributed by atoms with Crippen molar-refractivity contribution in [2.45, 2.75) is 0 Å². The van der Waals surface area contributed by atoms with Crippen molar-refractivity contribution in [3.63, 3.8) is 0 Å². The fourth-order valence-electron chi connectivity index (χ4n) is 1.67. The molecule has 0 fully saturated rings. The Morgan fingerprint density at radius 3 is 2.21 bits per heavy atom. The molecule has 2 aromatic rings. The van der Waals surface area contributed by atoms with Gasteiger partial charge in [0.05, 0.1) is 4.92 Å². The van der Waals surface area contributed by atoms with E-state index >= 15 is 0 Å². The summed E-state index contributed by atoms with van der Waals surface area (Å²) in [5.41, 5.74) is 2.04. The molecule has 0 N–H and O–H groups in total. The summed E-state index contributed by atoms with van der Waals surface area (Å²) in [5, 5.41) is 11.7. The van der Waals surface area contributed by atoms with Crippen molar-refractivity contribution >= 4 is 34.5 Å². The predicted octanol–water partition coefficient (Wildman–Crippen LogP) is 4.96. The summed E-state index contributed by atoms with van der Waals surface area (Å²) in [6.07, 6.45) is 0. The van der Waals surface area contributed by atoms with E-state index in [0.29, 0.717) is 21.2 Å². The average Bonchev–Trinajstić information content (AvgIpc) is 2.38. The van der Waals surface area contributed by atoms with Gasteiger partial charge in [-0.3, -0.25) is 10.1 Å². The molecule has 0 bridgehead atoms. The van der Waals surface area contributed by atoms with E-state index in [2.05, 4.69) is 6.58 Å². The molecule has 96 valence electrons. The first-order valence-electron chi connectivity index (χ1n) is 5.37. The van der Waals surface area contributed by atoms with Crippen LogP contribution in [0, 0.1) is 10.1 Å². The van der Waals surface area contributed by atoms with Gasteiger partial charge in [-0.25, -0.2) is 0 Å². The van der Waals surface area contributed by atoms with Gasteiger partial charge >= 0.3 is 0 Å². The number of rotatable bonds is 3. The van der Waals surface area contributed by atoms with Crippen molar-refractivity contribution < 1.29 is 4.92 Å². The summed E-state index contributed by atoms with van der Waals surface area (Å²) in [6, 6.07) is 11.5. The van der Waals surface area contributed by atoms with Gasteiger partial charge in [0.15, 0.2) is 0 Å². The molecule has 0 saturated carbocycles. The fourth-order valence-corrected chi connectivity index (χ4v) is 2.03. The summed E-state index contributed by atoms with van der Waals surface area (Å²) in [7, 11) is 0. The van der Waals surface area contributed by atoms with E-state index in [4.69, 9.17) is 23.2 Å². The van der Waals surface area contributed by atoms with Crippen LogP contribution in [0.4, 0.5) is 5.69 Å². The molecule has 0 unspecified atom stereocenters. The molecule has 0 amide bonds. The quantitative estimate of drug-likeness (QED) is 0.593. The first-order valence-corrected chi connectivity index (χ1v) is 6.13. The number of nitro groups is 1. The predicted molar refractivity (Wildman–Crippen MR) is 77.7 cm³/mol. The summed E-state index contributed by atoms with van der Waals surface area (Å²) in [4.78, 5) is 10.3. The number of hydrogen-bond acceptors (Lipinski definition) is 2. The maximum Gasteiger partial charge on any atom is 0.271 e. The Balaban J connectivity index is 2.44. The fraction of sp³-hybridized carbons (Fsp3) is 0. The highest BCUT2D eigenvalue weighted by molar-refractivity contribution is 6.31. The Morgan fingerprint density at radius 1 is 1.00 bits per heavy atom. The molecule has 0 radical (unpaired) electrons. The monoisotopic (exact) mass is 293 g/mol. The smallest absolute Gasteiger partial charge is 0.258 e. The van der Waals surface area contributed by atoms with Crippen LogP contribution < -0.4 is 0 Å². The second-order valence-electron chi connectivity index (χ2n) is 3.94. The van der Waals surface area contributed by atoms with E-state index in [-0.39, 0.29) is 5.69 Å². The molecule has 5 heteroatoms. The molecule has 0 aliphatic heterocycles. The lowest BCUT2D eigenvalue weighted by molar-refractivity contribution is -0.384. The van der Waals surface area contributed by atoms with E-state index in [1.54, 1.807) is 30.3 Å².